The summed E-state index contributed by atoms with van der Waals surface area (Å²) >= 11 is 6.23. The van der Waals surface area contributed by atoms with E-state index in [1.54, 1.807) is 0 Å². The summed E-state index contributed by atoms with van der Waals surface area (Å²) in [4.78, 5) is 23.4. The molecule has 0 saturated carbocycles. The molecule has 0 spiro atoms. The van der Waals surface area contributed by atoms with Crippen molar-refractivity contribution in [1.29, 1.82) is 0 Å². The molecule has 1 aliphatic rings. The second kappa shape index (κ2) is 9.30. The molecule has 1 fully saturated rings. The topological polar surface area (TPSA) is 67.8 Å². The zero-order chi connectivity index (χ0) is 19.2. The number of aromatic nitrogens is 2. The maximum Gasteiger partial charge on any atom is 0.144 e. The van der Waals surface area contributed by atoms with Crippen LogP contribution in [0, 0.1) is 0 Å². The van der Waals surface area contributed by atoms with Crippen molar-refractivity contribution in [1.82, 2.24) is 19.8 Å². The van der Waals surface area contributed by atoms with E-state index in [1.807, 2.05) is 26.0 Å². The molecule has 0 bridgehead atoms. The Hall–Kier alpha value is -1.96. The number of rotatable bonds is 8. The Labute approximate surface area is 164 Å². The van der Waals surface area contributed by atoms with Crippen LogP contribution in [0.3, 0.4) is 0 Å². The largest absolute Gasteiger partial charge is 0.492 e. The molecule has 0 unspecified atom stereocenters. The first-order valence-corrected chi connectivity index (χ1v) is 9.56. The number of fused-ring (bicyclic) bond motifs is 1. The van der Waals surface area contributed by atoms with E-state index >= 15 is 0 Å². The molecular formula is C19H25ClN4O3. The fraction of sp³-hybridized carbons (Fsp3) is 0.526. The smallest absolute Gasteiger partial charge is 0.144 e. The predicted octanol–water partition coefficient (Wildman–Crippen LogP) is 2.27. The molecule has 1 aromatic heterocycles. The van der Waals surface area contributed by atoms with E-state index in [0.29, 0.717) is 40.7 Å². The van der Waals surface area contributed by atoms with Gasteiger partial charge in [-0.15, -0.1) is 0 Å². The summed E-state index contributed by atoms with van der Waals surface area (Å²) in [5.74, 6) is 1.33. The Kier molecular flexibility index (Phi) is 6.82. The van der Waals surface area contributed by atoms with Crippen molar-refractivity contribution >= 4 is 28.8 Å². The molecule has 1 aliphatic heterocycles. The van der Waals surface area contributed by atoms with Gasteiger partial charge in [-0.1, -0.05) is 11.6 Å². The zero-order valence-corrected chi connectivity index (χ0v) is 16.5. The van der Waals surface area contributed by atoms with Gasteiger partial charge in [0.05, 0.1) is 23.6 Å². The van der Waals surface area contributed by atoms with E-state index in [9.17, 15) is 4.79 Å². The number of benzene rings is 1. The fourth-order valence-corrected chi connectivity index (χ4v) is 3.35. The summed E-state index contributed by atoms with van der Waals surface area (Å²) in [6.45, 7) is 9.55. The Morgan fingerprint density at radius 3 is 2.63 bits per heavy atom. The van der Waals surface area contributed by atoms with Crippen molar-refractivity contribution in [3.8, 4) is 11.5 Å². The highest BCUT2D eigenvalue weighted by molar-refractivity contribution is 6.34. The molecule has 3 rings (SSSR count). The second-order valence-corrected chi connectivity index (χ2v) is 7.16. The van der Waals surface area contributed by atoms with Crippen molar-refractivity contribution in [3.05, 3.63) is 23.6 Å². The molecule has 27 heavy (non-hydrogen) atoms. The standard InChI is InChI=1S/C19H25ClN4O3/c1-14(2)27-17-12-15(11-16-18(17)19(20)22-13-21-16)26-10-8-24-5-3-23(4-6-24)7-9-25/h9,11-14H,3-8,10H2,1-2H3. The number of carbonyl (C=O) groups excluding carboxylic acids is 1. The van der Waals surface area contributed by atoms with Crippen LogP contribution >= 0.6 is 11.6 Å². The fourth-order valence-electron chi connectivity index (χ4n) is 3.12. The SMILES string of the molecule is CC(C)Oc1cc(OCCN2CCN(CC=O)CC2)cc2ncnc(Cl)c12. The van der Waals surface area contributed by atoms with Gasteiger partial charge in [0, 0.05) is 44.9 Å². The Morgan fingerprint density at radius 2 is 1.93 bits per heavy atom. The molecule has 2 aromatic rings. The Balaban J connectivity index is 1.63. The molecule has 2 heterocycles. The molecule has 1 aromatic carbocycles. The number of ether oxygens (including phenoxy) is 2. The third-order valence-electron chi connectivity index (χ3n) is 4.47. The molecule has 0 radical (unpaired) electrons. The van der Waals surface area contributed by atoms with Gasteiger partial charge < -0.3 is 14.3 Å². The normalized spacial score (nSPS) is 16.0. The number of carbonyl (C=O) groups is 1. The van der Waals surface area contributed by atoms with Gasteiger partial charge in [-0.25, -0.2) is 9.97 Å². The molecule has 8 heteroatoms. The highest BCUT2D eigenvalue weighted by atomic mass is 35.5. The summed E-state index contributed by atoms with van der Waals surface area (Å²) in [5.41, 5.74) is 0.700. The predicted molar refractivity (Wildman–Crippen MR) is 105 cm³/mol. The maximum absolute atomic E-state index is 10.6. The van der Waals surface area contributed by atoms with Crippen molar-refractivity contribution in [3.63, 3.8) is 0 Å². The van der Waals surface area contributed by atoms with Gasteiger partial charge in [0.1, 0.15) is 35.9 Å². The summed E-state index contributed by atoms with van der Waals surface area (Å²) in [6.07, 6.45) is 2.40. The molecule has 0 N–H and O–H groups in total. The molecule has 0 aliphatic carbocycles. The number of halogens is 1. The van der Waals surface area contributed by atoms with Crippen LogP contribution in [0.2, 0.25) is 5.15 Å². The lowest BCUT2D eigenvalue weighted by Crippen LogP contribution is -2.47. The summed E-state index contributed by atoms with van der Waals surface area (Å²) in [5, 5.41) is 1.07. The first kappa shape index (κ1) is 19.8. The maximum atomic E-state index is 10.6. The van der Waals surface area contributed by atoms with Crippen molar-refractivity contribution in [2.45, 2.75) is 20.0 Å². The van der Waals surface area contributed by atoms with Gasteiger partial charge in [-0.2, -0.15) is 0 Å². The van der Waals surface area contributed by atoms with E-state index in [4.69, 9.17) is 21.1 Å². The number of aldehydes is 1. The van der Waals surface area contributed by atoms with Gasteiger partial charge in [0.2, 0.25) is 0 Å². The Morgan fingerprint density at radius 1 is 1.19 bits per heavy atom. The molecule has 0 amide bonds. The molecule has 7 nitrogen and oxygen atoms in total. The van der Waals surface area contributed by atoms with Gasteiger partial charge in [0.25, 0.3) is 0 Å². The van der Waals surface area contributed by atoms with Crippen molar-refractivity contribution < 1.29 is 14.3 Å². The van der Waals surface area contributed by atoms with E-state index in [1.165, 1.54) is 6.33 Å². The van der Waals surface area contributed by atoms with Crippen molar-refractivity contribution in [2.75, 3.05) is 45.9 Å². The zero-order valence-electron chi connectivity index (χ0n) is 15.7. The van der Waals surface area contributed by atoms with E-state index in [-0.39, 0.29) is 6.10 Å². The summed E-state index contributed by atoms with van der Waals surface area (Å²) < 4.78 is 11.8. The van der Waals surface area contributed by atoms with Crippen molar-refractivity contribution in [2.24, 2.45) is 0 Å². The second-order valence-electron chi connectivity index (χ2n) is 6.80. The summed E-state index contributed by atoms with van der Waals surface area (Å²) in [7, 11) is 0. The minimum absolute atomic E-state index is 0.00221. The van der Waals surface area contributed by atoms with Crippen LogP contribution < -0.4 is 9.47 Å². The number of hydrogen-bond acceptors (Lipinski definition) is 7. The first-order valence-electron chi connectivity index (χ1n) is 9.19. The van der Waals surface area contributed by atoms with Crippen LogP contribution in [0.1, 0.15) is 13.8 Å². The van der Waals surface area contributed by atoms with Gasteiger partial charge in [0.15, 0.2) is 0 Å². The highest BCUT2D eigenvalue weighted by Crippen LogP contribution is 2.34. The average Bonchev–Trinajstić information content (AvgIpc) is 2.63. The van der Waals surface area contributed by atoms with E-state index < -0.39 is 0 Å². The average molecular weight is 393 g/mol. The Bertz CT molecular complexity index is 779. The highest BCUT2D eigenvalue weighted by Gasteiger charge is 2.17. The van der Waals surface area contributed by atoms with E-state index in [0.717, 1.165) is 39.0 Å². The van der Waals surface area contributed by atoms with Crippen LogP contribution in [-0.4, -0.2) is 78.0 Å². The van der Waals surface area contributed by atoms with E-state index in [2.05, 4.69) is 19.8 Å². The lowest BCUT2D eigenvalue weighted by Gasteiger charge is -2.33. The first-order chi connectivity index (χ1) is 13.1. The lowest BCUT2D eigenvalue weighted by molar-refractivity contribution is -0.109. The monoisotopic (exact) mass is 392 g/mol. The molecule has 1 saturated heterocycles. The minimum atomic E-state index is 0.00221. The molecule has 146 valence electrons. The quantitative estimate of drug-likeness (QED) is 0.504. The van der Waals surface area contributed by atoms with Gasteiger partial charge >= 0.3 is 0 Å². The number of piperazine rings is 1. The van der Waals surface area contributed by atoms with Gasteiger partial charge in [-0.3, -0.25) is 9.80 Å². The van der Waals surface area contributed by atoms with Crippen LogP contribution in [0.5, 0.6) is 11.5 Å². The van der Waals surface area contributed by atoms with Crippen LogP contribution in [0.4, 0.5) is 0 Å². The van der Waals surface area contributed by atoms with Crippen LogP contribution in [0.15, 0.2) is 18.5 Å². The summed E-state index contributed by atoms with van der Waals surface area (Å²) in [6, 6.07) is 3.71. The molecule has 0 atom stereocenters. The number of nitrogens with zero attached hydrogens (tertiary/aromatic N) is 4. The lowest BCUT2D eigenvalue weighted by atomic mass is 10.2. The number of hydrogen-bond donors (Lipinski definition) is 0. The third-order valence-corrected chi connectivity index (χ3v) is 4.75. The van der Waals surface area contributed by atoms with Crippen LogP contribution in [-0.2, 0) is 4.79 Å². The van der Waals surface area contributed by atoms with Gasteiger partial charge in [-0.05, 0) is 13.8 Å². The third kappa shape index (κ3) is 5.28. The minimum Gasteiger partial charge on any atom is -0.492 e. The molecular weight excluding hydrogens is 368 g/mol. The van der Waals surface area contributed by atoms with Crippen LogP contribution in [0.25, 0.3) is 10.9 Å².